The highest BCUT2D eigenvalue weighted by Crippen LogP contribution is 2.40. The Morgan fingerprint density at radius 2 is 1.39 bits per heavy atom. The van der Waals surface area contributed by atoms with Crippen molar-refractivity contribution >= 4 is 52.5 Å². The van der Waals surface area contributed by atoms with Crippen LogP contribution >= 0.6 is 8.96 Å². The molecule has 5 nitrogen and oxygen atoms in total. The van der Waals surface area contributed by atoms with E-state index >= 15 is 0 Å². The molecule has 0 aliphatic heterocycles. The van der Waals surface area contributed by atoms with Crippen molar-refractivity contribution in [2.24, 2.45) is 0 Å². The Bertz CT molecular complexity index is 1280. The normalized spacial score (nSPS) is 12.2. The minimum Gasteiger partial charge on any atom is -0.424 e. The lowest BCUT2D eigenvalue weighted by Crippen LogP contribution is -2.65. The summed E-state index contributed by atoms with van der Waals surface area (Å²) < 4.78 is 5.08. The molecule has 0 saturated carbocycles. The molecule has 0 fully saturated rings. The van der Waals surface area contributed by atoms with Gasteiger partial charge in [-0.3, -0.25) is 0 Å². The van der Waals surface area contributed by atoms with E-state index in [0.29, 0.717) is 13.0 Å². The van der Waals surface area contributed by atoms with Crippen LogP contribution < -0.4 is 20.7 Å². The topological polar surface area (TPSA) is 70.6 Å². The maximum Gasteiger partial charge on any atom is 0.411 e. The molecule has 0 radical (unpaired) electrons. The predicted molar refractivity (Wildman–Crippen MR) is 155 cm³/mol. The van der Waals surface area contributed by atoms with Gasteiger partial charge in [-0.1, -0.05) is 111 Å². The Morgan fingerprint density at radius 1 is 0.861 bits per heavy atom. The summed E-state index contributed by atoms with van der Waals surface area (Å²) in [6.07, 6.45) is 0.262. The molecule has 0 heterocycles. The molecule has 36 heavy (non-hydrogen) atoms. The van der Waals surface area contributed by atoms with E-state index in [1.165, 1.54) is 5.56 Å². The second-order valence-corrected chi connectivity index (χ2v) is 14.4. The van der Waals surface area contributed by atoms with Crippen LogP contribution in [0, 0.1) is 0 Å². The van der Waals surface area contributed by atoms with Crippen molar-refractivity contribution in [1.82, 2.24) is 10.3 Å². The molecule has 0 aliphatic rings. The first-order valence-corrected chi connectivity index (χ1v) is 14.9. The molecule has 0 aromatic heterocycles. The maximum atomic E-state index is 12.6. The van der Waals surface area contributed by atoms with Gasteiger partial charge in [0.05, 0.1) is 0 Å². The molecule has 184 valence electrons. The van der Waals surface area contributed by atoms with Crippen molar-refractivity contribution in [3.05, 3.63) is 108 Å². The SMILES string of the molecule is BNPOC(=O)NCc1cccc2c(CC(C)(C)[Si](O)(c3ccccc3)c3ccccc3)cccc12. The molecule has 4 rings (SSSR count). The van der Waals surface area contributed by atoms with Crippen LogP contribution in [0.1, 0.15) is 25.0 Å². The Balaban J connectivity index is 1.70. The highest BCUT2D eigenvalue weighted by Gasteiger charge is 2.49. The maximum absolute atomic E-state index is 12.6. The molecule has 3 N–H and O–H groups in total. The Kier molecular flexibility index (Phi) is 8.27. The van der Waals surface area contributed by atoms with Gasteiger partial charge in [0.2, 0.25) is 0 Å². The Morgan fingerprint density at radius 3 is 1.94 bits per heavy atom. The standard InChI is InChI=1S/C28H32BN2O3PSi/c1-28(2,36(33,23-13-5-3-6-14-23)24-15-7-4-8-16-24)19-21-11-9-18-26-22(12-10-17-25(21)26)20-30-27(32)34-35-31-29/h3-18,31,33,35H,19-20,29H2,1-2H3,(H,30,32). The minimum atomic E-state index is -3.13. The number of nitrogens with one attached hydrogen (secondary N) is 2. The molecule has 4 aromatic rings. The third-order valence-corrected chi connectivity index (χ3v) is 11.7. The van der Waals surface area contributed by atoms with E-state index in [4.69, 9.17) is 4.52 Å². The largest absolute Gasteiger partial charge is 0.424 e. The van der Waals surface area contributed by atoms with Crippen molar-refractivity contribution in [1.29, 1.82) is 0 Å². The van der Waals surface area contributed by atoms with Crippen LogP contribution in [-0.4, -0.2) is 27.2 Å². The van der Waals surface area contributed by atoms with E-state index in [9.17, 15) is 9.59 Å². The van der Waals surface area contributed by atoms with E-state index in [1.54, 1.807) is 7.98 Å². The summed E-state index contributed by atoms with van der Waals surface area (Å²) in [6.45, 7) is 4.74. The van der Waals surface area contributed by atoms with Crippen LogP contribution in [0.5, 0.6) is 0 Å². The van der Waals surface area contributed by atoms with E-state index in [-0.39, 0.29) is 8.96 Å². The van der Waals surface area contributed by atoms with Crippen LogP contribution in [0.2, 0.25) is 5.04 Å². The smallest absolute Gasteiger partial charge is 0.411 e. The first-order chi connectivity index (χ1) is 17.4. The molecule has 0 saturated heterocycles. The molecule has 8 heteroatoms. The number of hydrogen-bond donors (Lipinski definition) is 3. The lowest BCUT2D eigenvalue weighted by atomic mass is 9.94. The predicted octanol–water partition coefficient (Wildman–Crippen LogP) is 3.79. The number of amides is 1. The van der Waals surface area contributed by atoms with Gasteiger partial charge in [-0.25, -0.2) is 4.79 Å². The molecule has 4 aromatic carbocycles. The van der Waals surface area contributed by atoms with Gasteiger partial charge >= 0.3 is 6.09 Å². The summed E-state index contributed by atoms with van der Waals surface area (Å²) in [5, 5.41) is 6.66. The fraction of sp³-hybridized carbons (Fsp3) is 0.179. The molecule has 1 atom stereocenters. The van der Waals surface area contributed by atoms with Gasteiger partial charge in [-0.2, -0.15) is 0 Å². The van der Waals surface area contributed by atoms with Crippen LogP contribution in [-0.2, 0) is 17.5 Å². The van der Waals surface area contributed by atoms with Crippen molar-refractivity contribution in [2.75, 3.05) is 0 Å². The number of rotatable bonds is 9. The van der Waals surface area contributed by atoms with Crippen LogP contribution in [0.25, 0.3) is 10.8 Å². The Hall–Kier alpha value is -2.96. The summed E-state index contributed by atoms with van der Waals surface area (Å²) in [7, 11) is -1.48. The van der Waals surface area contributed by atoms with Gasteiger partial charge in [0, 0.05) is 6.54 Å². The second kappa shape index (κ2) is 11.4. The van der Waals surface area contributed by atoms with E-state index in [2.05, 4.69) is 72.7 Å². The van der Waals surface area contributed by atoms with E-state index in [0.717, 1.165) is 26.7 Å². The number of benzene rings is 4. The van der Waals surface area contributed by atoms with Crippen molar-refractivity contribution in [2.45, 2.75) is 31.9 Å². The summed E-state index contributed by atoms with van der Waals surface area (Å²) in [5.41, 5.74) is 2.20. The summed E-state index contributed by atoms with van der Waals surface area (Å²) in [4.78, 5) is 27.3. The molecule has 1 unspecified atom stereocenters. The third-order valence-electron chi connectivity index (χ3n) is 6.77. The number of carbonyl (C=O) groups excluding carboxylic acids is 1. The van der Waals surface area contributed by atoms with Crippen molar-refractivity contribution in [3.63, 3.8) is 0 Å². The van der Waals surface area contributed by atoms with Crippen molar-refractivity contribution in [3.8, 4) is 0 Å². The second-order valence-electron chi connectivity index (χ2n) is 9.53. The molecule has 0 bridgehead atoms. The van der Waals surface area contributed by atoms with Gasteiger partial charge in [-0.05, 0) is 43.7 Å². The van der Waals surface area contributed by atoms with Gasteiger partial charge in [0.25, 0.3) is 8.32 Å². The highest BCUT2D eigenvalue weighted by molar-refractivity contribution is 7.32. The zero-order chi connectivity index (χ0) is 25.6. The quantitative estimate of drug-likeness (QED) is 0.235. The molecular weight excluding hydrogens is 482 g/mol. The van der Waals surface area contributed by atoms with Gasteiger partial charge < -0.3 is 19.6 Å². The monoisotopic (exact) mass is 514 g/mol. The zero-order valence-electron chi connectivity index (χ0n) is 20.9. The van der Waals surface area contributed by atoms with Crippen LogP contribution in [0.4, 0.5) is 4.79 Å². The number of fused-ring (bicyclic) bond motifs is 1. The number of hydrogen-bond acceptors (Lipinski definition) is 4. The third kappa shape index (κ3) is 5.40. The van der Waals surface area contributed by atoms with Crippen LogP contribution in [0.3, 0.4) is 0 Å². The lowest BCUT2D eigenvalue weighted by molar-refractivity contribution is 0.206. The zero-order valence-corrected chi connectivity index (χ0v) is 22.9. The van der Waals surface area contributed by atoms with Crippen molar-refractivity contribution < 1.29 is 14.1 Å². The average Bonchev–Trinajstić information content (AvgIpc) is 2.91. The summed E-state index contributed by atoms with van der Waals surface area (Å²) >= 11 is 0. The Labute approximate surface area is 216 Å². The van der Waals surface area contributed by atoms with Gasteiger partial charge in [0.1, 0.15) is 8.96 Å². The fourth-order valence-corrected chi connectivity index (χ4v) is 8.92. The lowest BCUT2D eigenvalue weighted by Gasteiger charge is -2.41. The molecular formula is C28H32BN2O3PSi. The van der Waals surface area contributed by atoms with Gasteiger partial charge in [-0.15, -0.1) is 0 Å². The first kappa shape index (κ1) is 26.1. The average molecular weight is 514 g/mol. The highest BCUT2D eigenvalue weighted by atomic mass is 31.1. The first-order valence-electron chi connectivity index (χ1n) is 12.1. The van der Waals surface area contributed by atoms with Crippen LogP contribution in [0.15, 0.2) is 97.1 Å². The summed E-state index contributed by atoms with van der Waals surface area (Å²) in [5.74, 6) is 0. The molecule has 0 aliphatic carbocycles. The fourth-order valence-electron chi connectivity index (χ4n) is 4.96. The van der Waals surface area contributed by atoms with E-state index < -0.39 is 19.4 Å². The number of carbonyl (C=O) groups is 1. The van der Waals surface area contributed by atoms with Gasteiger partial charge in [0.15, 0.2) is 7.98 Å². The van der Waals surface area contributed by atoms with E-state index in [1.807, 2.05) is 48.5 Å². The summed E-state index contributed by atoms with van der Waals surface area (Å²) in [6, 6.07) is 32.7. The molecule has 0 spiro atoms. The minimum absolute atomic E-state index is 0.0762. The molecule has 1 amide bonds.